The second-order valence-corrected chi connectivity index (χ2v) is 17.1. The molecule has 4 heteroatoms. The van der Waals surface area contributed by atoms with Gasteiger partial charge in [0.1, 0.15) is 0 Å². The smallest absolute Gasteiger partial charge is 0.238 e. The number of fused-ring (bicyclic) bond motifs is 9. The van der Waals surface area contributed by atoms with Crippen LogP contribution in [0.15, 0.2) is 194 Å². The van der Waals surface area contributed by atoms with Crippen molar-refractivity contribution < 1.29 is 0 Å². The fourth-order valence-electron chi connectivity index (χ4n) is 9.73. The van der Waals surface area contributed by atoms with E-state index in [9.17, 15) is 0 Å². The summed E-state index contributed by atoms with van der Waals surface area (Å²) in [4.78, 5) is 16.1. The highest BCUT2D eigenvalue weighted by atomic mass is 15.2. The molecule has 0 aliphatic heterocycles. The average Bonchev–Trinajstić information content (AvgIpc) is 3.81. The van der Waals surface area contributed by atoms with E-state index >= 15 is 0 Å². The van der Waals surface area contributed by atoms with Crippen LogP contribution in [0.3, 0.4) is 0 Å². The van der Waals surface area contributed by atoms with Gasteiger partial charge in [-0.15, -0.1) is 0 Å². The fraction of sp³-hybridized carbons (Fsp3) is 0.102. The van der Waals surface area contributed by atoms with Gasteiger partial charge in [0.15, 0.2) is 11.6 Å². The quantitative estimate of drug-likeness (QED) is 0.174. The lowest BCUT2D eigenvalue weighted by Crippen LogP contribution is -2.14. The Morgan fingerprint density at radius 3 is 1.79 bits per heavy atom. The Balaban J connectivity index is 0.00000144. The first-order valence-corrected chi connectivity index (χ1v) is 22.0. The van der Waals surface area contributed by atoms with Crippen molar-refractivity contribution in [1.82, 2.24) is 19.5 Å². The topological polar surface area (TPSA) is 43.6 Å². The normalized spacial score (nSPS) is 12.6. The first-order chi connectivity index (χ1) is 30.9. The molecular weight excluding hydrogens is 765 g/mol. The number of aromatic nitrogens is 4. The van der Waals surface area contributed by atoms with Crippen LogP contribution in [-0.4, -0.2) is 19.5 Å². The molecule has 11 aromatic rings. The van der Waals surface area contributed by atoms with Gasteiger partial charge in [0.2, 0.25) is 5.95 Å². The molecule has 0 saturated heterocycles. The van der Waals surface area contributed by atoms with Crippen LogP contribution in [0.5, 0.6) is 0 Å². The van der Waals surface area contributed by atoms with E-state index in [1.807, 2.05) is 6.07 Å². The van der Waals surface area contributed by atoms with Crippen molar-refractivity contribution in [2.75, 3.05) is 0 Å². The lowest BCUT2D eigenvalue weighted by atomic mass is 9.82. The summed E-state index contributed by atoms with van der Waals surface area (Å²) in [6, 6.07) is 69.6. The molecule has 0 saturated carbocycles. The molecule has 4 nitrogen and oxygen atoms in total. The van der Waals surface area contributed by atoms with Crippen molar-refractivity contribution in [2.24, 2.45) is 0 Å². The van der Waals surface area contributed by atoms with E-state index < -0.39 is 0 Å². The van der Waals surface area contributed by atoms with E-state index in [1.54, 1.807) is 0 Å². The zero-order valence-corrected chi connectivity index (χ0v) is 36.0. The standard InChI is InChI=1S/C56H38N4.C3H8/c1-56(2)47-24-11-10-20-45(47)50-43(21-13-25-48(50)56)44-22-12-23-46-51-42-19-9-8-17-38(42)32-33-49(51)60(52(44)46)55-58-53(39-29-26-37(27-30-39)35-14-4-3-5-15-35)57-54(59-55)41-31-28-36-16-6-7-18-40(36)34-41;1-3-2/h3-34H,1-2H3;3H2,1-2H3. The van der Waals surface area contributed by atoms with Gasteiger partial charge in [-0.1, -0.05) is 216 Å². The first-order valence-electron chi connectivity index (χ1n) is 22.0. The SMILES string of the molecule is CC1(C)c2ccccc2-c2c(-c3cccc4c5c6ccccc6ccc5n(-c5nc(-c6ccc(-c7ccccc7)cc6)nc(-c6ccc7ccccc7c6)n5)c34)cccc21.CCC. The third kappa shape index (κ3) is 6.32. The fourth-order valence-corrected chi connectivity index (χ4v) is 9.73. The minimum absolute atomic E-state index is 0.132. The number of nitrogens with zero attached hydrogens (tertiary/aromatic N) is 4. The number of rotatable bonds is 5. The molecule has 0 unspecified atom stereocenters. The van der Waals surface area contributed by atoms with Crippen LogP contribution < -0.4 is 0 Å². The predicted octanol–water partition coefficient (Wildman–Crippen LogP) is 15.7. The number of benzene rings is 9. The maximum atomic E-state index is 5.43. The average molecular weight is 811 g/mol. The molecule has 0 fully saturated rings. The third-order valence-electron chi connectivity index (χ3n) is 12.7. The molecule has 0 N–H and O–H groups in total. The molecule has 0 bridgehead atoms. The minimum atomic E-state index is -0.132. The summed E-state index contributed by atoms with van der Waals surface area (Å²) in [5.41, 5.74) is 13.8. The lowest BCUT2D eigenvalue weighted by Gasteiger charge is -2.21. The Morgan fingerprint density at radius 2 is 0.984 bits per heavy atom. The molecule has 0 atom stereocenters. The van der Waals surface area contributed by atoms with Crippen LogP contribution in [0.4, 0.5) is 0 Å². The van der Waals surface area contributed by atoms with Gasteiger partial charge in [0.05, 0.1) is 11.0 Å². The molecule has 0 spiro atoms. The van der Waals surface area contributed by atoms with Gasteiger partial charge in [-0.25, -0.2) is 4.98 Å². The predicted molar refractivity (Wildman–Crippen MR) is 264 cm³/mol. The Bertz CT molecular complexity index is 3520. The van der Waals surface area contributed by atoms with Crippen LogP contribution in [-0.2, 0) is 5.41 Å². The van der Waals surface area contributed by atoms with Crippen LogP contribution >= 0.6 is 0 Å². The van der Waals surface area contributed by atoms with E-state index in [4.69, 9.17) is 15.0 Å². The van der Waals surface area contributed by atoms with Crippen molar-refractivity contribution in [3.05, 3.63) is 205 Å². The van der Waals surface area contributed by atoms with Crippen LogP contribution in [0.25, 0.3) is 105 Å². The third-order valence-corrected chi connectivity index (χ3v) is 12.7. The Kier molecular flexibility index (Phi) is 9.31. The van der Waals surface area contributed by atoms with Gasteiger partial charge in [-0.3, -0.25) is 4.57 Å². The monoisotopic (exact) mass is 810 g/mol. The molecule has 2 aromatic heterocycles. The Labute approximate surface area is 368 Å². The summed E-state index contributed by atoms with van der Waals surface area (Å²) in [5.74, 6) is 1.82. The highest BCUT2D eigenvalue weighted by molar-refractivity contribution is 6.23. The molecule has 302 valence electrons. The lowest BCUT2D eigenvalue weighted by molar-refractivity contribution is 0.660. The van der Waals surface area contributed by atoms with Crippen LogP contribution in [0.1, 0.15) is 45.2 Å². The molecule has 0 radical (unpaired) electrons. The Hall–Kier alpha value is -7.69. The molecule has 0 amide bonds. The summed E-state index contributed by atoms with van der Waals surface area (Å²) in [6.07, 6.45) is 1.25. The number of hydrogen-bond acceptors (Lipinski definition) is 3. The zero-order valence-electron chi connectivity index (χ0n) is 36.0. The largest absolute Gasteiger partial charge is 0.277 e. The molecule has 63 heavy (non-hydrogen) atoms. The second-order valence-electron chi connectivity index (χ2n) is 17.1. The molecule has 1 aliphatic rings. The van der Waals surface area contributed by atoms with Crippen molar-refractivity contribution in [3.63, 3.8) is 0 Å². The Morgan fingerprint density at radius 1 is 0.429 bits per heavy atom. The van der Waals surface area contributed by atoms with Crippen molar-refractivity contribution >= 4 is 43.4 Å². The van der Waals surface area contributed by atoms with Crippen LogP contribution in [0.2, 0.25) is 0 Å². The highest BCUT2D eigenvalue weighted by Gasteiger charge is 2.37. The van der Waals surface area contributed by atoms with Gasteiger partial charge in [-0.05, 0) is 72.6 Å². The number of para-hydroxylation sites is 1. The first kappa shape index (κ1) is 38.2. The van der Waals surface area contributed by atoms with E-state index in [0.717, 1.165) is 44.1 Å². The molecule has 9 aromatic carbocycles. The van der Waals surface area contributed by atoms with Crippen LogP contribution in [0, 0.1) is 0 Å². The van der Waals surface area contributed by atoms with Crippen molar-refractivity contribution in [1.29, 1.82) is 0 Å². The number of hydrogen-bond donors (Lipinski definition) is 0. The van der Waals surface area contributed by atoms with Gasteiger partial charge < -0.3 is 0 Å². The van der Waals surface area contributed by atoms with E-state index in [2.05, 4.69) is 220 Å². The van der Waals surface area contributed by atoms with Gasteiger partial charge in [0.25, 0.3) is 0 Å². The van der Waals surface area contributed by atoms with Crippen molar-refractivity contribution in [2.45, 2.75) is 39.5 Å². The molecule has 1 aliphatic carbocycles. The zero-order chi connectivity index (χ0) is 42.7. The summed E-state index contributed by atoms with van der Waals surface area (Å²) in [5, 5.41) is 7.03. The summed E-state index contributed by atoms with van der Waals surface area (Å²) < 4.78 is 2.30. The van der Waals surface area contributed by atoms with E-state index in [0.29, 0.717) is 17.6 Å². The minimum Gasteiger partial charge on any atom is -0.277 e. The molecule has 12 rings (SSSR count). The summed E-state index contributed by atoms with van der Waals surface area (Å²) in [7, 11) is 0. The van der Waals surface area contributed by atoms with Gasteiger partial charge in [0, 0.05) is 32.9 Å². The van der Waals surface area contributed by atoms with Crippen molar-refractivity contribution in [3.8, 4) is 62.1 Å². The maximum absolute atomic E-state index is 5.43. The summed E-state index contributed by atoms with van der Waals surface area (Å²) in [6.45, 7) is 8.94. The highest BCUT2D eigenvalue weighted by Crippen LogP contribution is 2.53. The van der Waals surface area contributed by atoms with E-state index in [1.165, 1.54) is 61.3 Å². The maximum Gasteiger partial charge on any atom is 0.238 e. The molecular formula is C59H46N4. The van der Waals surface area contributed by atoms with Gasteiger partial charge >= 0.3 is 0 Å². The molecule has 2 heterocycles. The second kappa shape index (κ2) is 15.3. The summed E-state index contributed by atoms with van der Waals surface area (Å²) >= 11 is 0. The van der Waals surface area contributed by atoms with E-state index in [-0.39, 0.29) is 5.41 Å². The van der Waals surface area contributed by atoms with Gasteiger partial charge in [-0.2, -0.15) is 9.97 Å².